The number of nitrogens with two attached hydrogens (primary N) is 1. The Bertz CT molecular complexity index is 1290. The number of halogens is 1. The van der Waals surface area contributed by atoms with Gasteiger partial charge in [-0.1, -0.05) is 24.3 Å². The van der Waals surface area contributed by atoms with Crippen LogP contribution in [0.2, 0.25) is 0 Å². The van der Waals surface area contributed by atoms with E-state index in [0.717, 1.165) is 5.56 Å². The van der Waals surface area contributed by atoms with E-state index >= 15 is 0 Å². The number of hydrogen-bond donors (Lipinski definition) is 3. The molecule has 5 heterocycles. The van der Waals surface area contributed by atoms with Crippen molar-refractivity contribution in [1.29, 1.82) is 0 Å². The summed E-state index contributed by atoms with van der Waals surface area (Å²) in [5.41, 5.74) is 8.83. The zero-order valence-electron chi connectivity index (χ0n) is 16.7. The van der Waals surface area contributed by atoms with Crippen molar-refractivity contribution < 1.29 is 28.1 Å². The summed E-state index contributed by atoms with van der Waals surface area (Å²) in [4.78, 5) is 11.6. The highest BCUT2D eigenvalue weighted by Crippen LogP contribution is 2.32. The molecule has 2 fully saturated rings. The lowest BCUT2D eigenvalue weighted by Crippen LogP contribution is -2.34. The Kier molecular flexibility index (Phi) is 4.39. The summed E-state index contributed by atoms with van der Waals surface area (Å²) >= 11 is 0. The van der Waals surface area contributed by atoms with Gasteiger partial charge in [0, 0.05) is 23.3 Å². The number of aliphatic hydroxyl groups excluding tert-OH is 1. The van der Waals surface area contributed by atoms with Crippen molar-refractivity contribution in [2.24, 2.45) is 0 Å². The molecule has 0 radical (unpaired) electrons. The Balaban J connectivity index is 1.26. The molecule has 0 amide bonds. The van der Waals surface area contributed by atoms with E-state index in [1.807, 2.05) is 0 Å². The van der Waals surface area contributed by atoms with Gasteiger partial charge in [0.2, 0.25) is 0 Å². The first-order chi connectivity index (χ1) is 15.5. The van der Waals surface area contributed by atoms with Gasteiger partial charge in [0.1, 0.15) is 36.0 Å². The number of anilines is 1. The summed E-state index contributed by atoms with van der Waals surface area (Å²) in [7, 11) is 0. The minimum atomic E-state index is -0.650. The molecular weight excluding hydrogens is 419 g/mol. The third kappa shape index (κ3) is 3.20. The molecule has 10 heteroatoms. The van der Waals surface area contributed by atoms with Crippen LogP contribution in [-0.4, -0.2) is 57.7 Å². The van der Waals surface area contributed by atoms with Crippen molar-refractivity contribution >= 4 is 17.0 Å². The summed E-state index contributed by atoms with van der Waals surface area (Å²) in [6.45, 7) is 0.527. The lowest BCUT2D eigenvalue weighted by molar-refractivity contribution is 0.00794. The van der Waals surface area contributed by atoms with Crippen LogP contribution < -0.4 is 10.5 Å². The highest BCUT2D eigenvalue weighted by molar-refractivity contribution is 5.81. The smallest absolute Gasteiger partial charge is 0.292 e. The van der Waals surface area contributed by atoms with Crippen LogP contribution in [0.15, 0.2) is 47.1 Å². The van der Waals surface area contributed by atoms with Crippen LogP contribution >= 0.6 is 0 Å². The highest BCUT2D eigenvalue weighted by atomic mass is 19.1. The van der Waals surface area contributed by atoms with Crippen LogP contribution in [-0.2, 0) is 9.47 Å². The van der Waals surface area contributed by atoms with E-state index in [9.17, 15) is 9.50 Å². The monoisotopic (exact) mass is 438 g/mol. The largest absolute Gasteiger partial charge is 0.470 e. The Morgan fingerprint density at radius 2 is 1.84 bits per heavy atom. The second-order valence-corrected chi connectivity index (χ2v) is 7.85. The Morgan fingerprint density at radius 3 is 2.62 bits per heavy atom. The fourth-order valence-electron chi connectivity index (χ4n) is 4.20. The fourth-order valence-corrected chi connectivity index (χ4v) is 4.20. The molecular formula is C22H19FN4O5. The van der Waals surface area contributed by atoms with Crippen LogP contribution in [0.4, 0.5) is 10.4 Å². The number of nitrogens with zero attached hydrogens (tertiary/aromatic N) is 2. The van der Waals surface area contributed by atoms with Gasteiger partial charge in [-0.2, -0.15) is 4.98 Å². The number of ether oxygens (including phenoxy) is 3. The molecule has 1 aromatic carbocycles. The minimum Gasteiger partial charge on any atom is -0.470 e. The van der Waals surface area contributed by atoms with Crippen molar-refractivity contribution in [1.82, 2.24) is 15.0 Å². The second-order valence-electron chi connectivity index (χ2n) is 7.85. The second kappa shape index (κ2) is 7.30. The number of nitrogen functional groups attached to an aromatic ring is 1. The molecule has 6 rings (SSSR count). The molecule has 164 valence electrons. The first-order valence-corrected chi connectivity index (χ1v) is 10.1. The Hall–Kier alpha value is -3.47. The van der Waals surface area contributed by atoms with E-state index in [1.165, 1.54) is 12.3 Å². The summed E-state index contributed by atoms with van der Waals surface area (Å²) in [6.07, 6.45) is -0.278. The number of fused-ring (bicyclic) bond motifs is 2. The lowest BCUT2D eigenvalue weighted by atomic mass is 10.1. The number of H-pyrrole nitrogens is 1. The van der Waals surface area contributed by atoms with Gasteiger partial charge in [-0.3, -0.25) is 0 Å². The SMILES string of the molecule is Nc1nc(-c2ccc(-c3nc4cc(O[C@@H]5CO[C@H]6[C@@H]5OC[C@H]6O)[nH]c4cc3F)cc2)co1. The van der Waals surface area contributed by atoms with E-state index in [0.29, 0.717) is 34.8 Å². The van der Waals surface area contributed by atoms with Crippen molar-refractivity contribution in [3.63, 3.8) is 0 Å². The van der Waals surface area contributed by atoms with E-state index < -0.39 is 11.9 Å². The number of oxazole rings is 1. The molecule has 2 aliphatic rings. The first kappa shape index (κ1) is 19.2. The summed E-state index contributed by atoms with van der Waals surface area (Å²) in [6, 6.07) is 10.3. The Labute approximate surface area is 180 Å². The predicted molar refractivity (Wildman–Crippen MR) is 111 cm³/mol. The zero-order chi connectivity index (χ0) is 21.8. The standard InChI is InChI=1S/C22H19FN4O5/c23-12-5-13-14(6-18(25-13)32-17-9-30-20-16(28)8-29-21(17)20)26-19(12)11-3-1-10(2-4-11)15-7-31-22(24)27-15/h1-7,16-17,20-21,25,28H,8-9H2,(H2,24,27)/t16-,17-,20-,21-/m1/s1. The molecule has 0 bridgehead atoms. The number of nitrogens with one attached hydrogen (secondary N) is 1. The molecule has 3 aromatic heterocycles. The first-order valence-electron chi connectivity index (χ1n) is 10.1. The molecule has 4 atom stereocenters. The van der Waals surface area contributed by atoms with Crippen LogP contribution in [0, 0.1) is 5.82 Å². The molecule has 0 aliphatic carbocycles. The molecule has 9 nitrogen and oxygen atoms in total. The molecule has 2 saturated heterocycles. The predicted octanol–water partition coefficient (Wildman–Crippen LogP) is 2.51. The number of rotatable bonds is 4. The van der Waals surface area contributed by atoms with Gasteiger partial charge in [-0.05, 0) is 0 Å². The van der Waals surface area contributed by atoms with Crippen LogP contribution in [0.1, 0.15) is 0 Å². The number of benzene rings is 1. The Morgan fingerprint density at radius 1 is 1.06 bits per heavy atom. The molecule has 32 heavy (non-hydrogen) atoms. The fraction of sp³-hybridized carbons (Fsp3) is 0.273. The topological polar surface area (TPSA) is 129 Å². The average molecular weight is 438 g/mol. The summed E-state index contributed by atoms with van der Waals surface area (Å²) in [5, 5.41) is 9.87. The van der Waals surface area contributed by atoms with Gasteiger partial charge < -0.3 is 34.5 Å². The van der Waals surface area contributed by atoms with E-state index in [4.69, 9.17) is 24.4 Å². The molecule has 0 unspecified atom stereocenters. The summed E-state index contributed by atoms with van der Waals surface area (Å²) < 4.78 is 37.0. The minimum absolute atomic E-state index is 0.0862. The maximum Gasteiger partial charge on any atom is 0.292 e. The van der Waals surface area contributed by atoms with Crippen molar-refractivity contribution in [2.75, 3.05) is 18.9 Å². The van der Waals surface area contributed by atoms with Gasteiger partial charge >= 0.3 is 0 Å². The highest BCUT2D eigenvalue weighted by Gasteiger charge is 2.48. The summed E-state index contributed by atoms with van der Waals surface area (Å²) in [5.74, 6) is -0.0295. The van der Waals surface area contributed by atoms with E-state index in [2.05, 4.69) is 15.0 Å². The maximum atomic E-state index is 14.8. The molecule has 0 saturated carbocycles. The van der Waals surface area contributed by atoms with Crippen LogP contribution in [0.5, 0.6) is 5.88 Å². The zero-order valence-corrected chi connectivity index (χ0v) is 16.7. The van der Waals surface area contributed by atoms with E-state index in [-0.39, 0.29) is 36.6 Å². The van der Waals surface area contributed by atoms with Crippen molar-refractivity contribution in [3.05, 3.63) is 48.5 Å². The number of pyridine rings is 1. The van der Waals surface area contributed by atoms with Crippen molar-refractivity contribution in [3.8, 4) is 28.4 Å². The van der Waals surface area contributed by atoms with Gasteiger partial charge in [0.15, 0.2) is 17.8 Å². The van der Waals surface area contributed by atoms with Crippen molar-refractivity contribution in [2.45, 2.75) is 24.4 Å². The quantitative estimate of drug-likeness (QED) is 0.443. The van der Waals surface area contributed by atoms with Gasteiger partial charge in [-0.25, -0.2) is 9.37 Å². The molecule has 0 spiro atoms. The normalized spacial score (nSPS) is 24.8. The third-order valence-electron chi connectivity index (χ3n) is 5.77. The van der Waals surface area contributed by atoms with Gasteiger partial charge in [0.05, 0.1) is 24.2 Å². The van der Waals surface area contributed by atoms with Gasteiger partial charge in [-0.15, -0.1) is 0 Å². The average Bonchev–Trinajstić information content (AvgIpc) is 3.55. The molecule has 2 aliphatic heterocycles. The third-order valence-corrected chi connectivity index (χ3v) is 5.77. The lowest BCUT2D eigenvalue weighted by Gasteiger charge is -2.16. The van der Waals surface area contributed by atoms with Crippen LogP contribution in [0.25, 0.3) is 33.5 Å². The van der Waals surface area contributed by atoms with Crippen LogP contribution in [0.3, 0.4) is 0 Å². The molecule has 4 N–H and O–H groups in total. The number of aliphatic hydroxyl groups is 1. The molecule has 4 aromatic rings. The van der Waals surface area contributed by atoms with Gasteiger partial charge in [0.25, 0.3) is 6.01 Å². The number of aromatic amines is 1. The number of aromatic nitrogens is 3. The van der Waals surface area contributed by atoms with E-state index in [1.54, 1.807) is 30.3 Å². The number of hydrogen-bond acceptors (Lipinski definition) is 8. The maximum absolute atomic E-state index is 14.8.